The van der Waals surface area contributed by atoms with Crippen LogP contribution in [0.2, 0.25) is 0 Å². The lowest BCUT2D eigenvalue weighted by Crippen LogP contribution is -2.36. The number of furan rings is 1. The SMILES string of the molecule is CCC(C)N1C(=O)/C(=C/c2c(NCc3ccco3)nc3ccccn3c2=O)SC1=S. The topological polar surface area (TPSA) is 79.8 Å². The van der Waals surface area contributed by atoms with Crippen LogP contribution < -0.4 is 10.9 Å². The van der Waals surface area contributed by atoms with Crippen LogP contribution in [0.15, 0.2) is 56.9 Å². The summed E-state index contributed by atoms with van der Waals surface area (Å²) in [4.78, 5) is 32.8. The number of nitrogens with one attached hydrogen (secondary N) is 1. The first-order chi connectivity index (χ1) is 14.5. The molecule has 154 valence electrons. The average molecular weight is 441 g/mol. The minimum atomic E-state index is -0.267. The van der Waals surface area contributed by atoms with Crippen molar-refractivity contribution in [1.82, 2.24) is 14.3 Å². The summed E-state index contributed by atoms with van der Waals surface area (Å²) in [5.41, 5.74) is 0.542. The van der Waals surface area contributed by atoms with Gasteiger partial charge in [0.2, 0.25) is 0 Å². The summed E-state index contributed by atoms with van der Waals surface area (Å²) >= 11 is 6.61. The van der Waals surface area contributed by atoms with Crippen molar-refractivity contribution in [1.29, 1.82) is 0 Å². The third-order valence-corrected chi connectivity index (χ3v) is 6.24. The Kier molecular flexibility index (Phi) is 5.74. The van der Waals surface area contributed by atoms with Gasteiger partial charge < -0.3 is 9.73 Å². The van der Waals surface area contributed by atoms with Gasteiger partial charge >= 0.3 is 0 Å². The van der Waals surface area contributed by atoms with Crippen molar-refractivity contribution in [3.8, 4) is 0 Å². The predicted molar refractivity (Wildman–Crippen MR) is 122 cm³/mol. The van der Waals surface area contributed by atoms with E-state index in [1.54, 1.807) is 41.6 Å². The number of fused-ring (bicyclic) bond motifs is 1. The normalized spacial score (nSPS) is 16.6. The van der Waals surface area contributed by atoms with Gasteiger partial charge in [0.15, 0.2) is 0 Å². The van der Waals surface area contributed by atoms with E-state index < -0.39 is 0 Å². The molecule has 3 aromatic heterocycles. The van der Waals surface area contributed by atoms with E-state index in [2.05, 4.69) is 10.3 Å². The number of thioether (sulfide) groups is 1. The Morgan fingerprint density at radius 3 is 2.87 bits per heavy atom. The molecule has 0 saturated carbocycles. The minimum absolute atomic E-state index is 0.00391. The summed E-state index contributed by atoms with van der Waals surface area (Å²) in [6.45, 7) is 4.32. The van der Waals surface area contributed by atoms with Gasteiger partial charge in [-0.1, -0.05) is 37.0 Å². The van der Waals surface area contributed by atoms with Gasteiger partial charge in [0, 0.05) is 12.2 Å². The highest BCUT2D eigenvalue weighted by Crippen LogP contribution is 2.34. The first kappa shape index (κ1) is 20.4. The molecule has 3 aromatic rings. The summed E-state index contributed by atoms with van der Waals surface area (Å²) in [6.07, 6.45) is 5.61. The standard InChI is InChI=1S/C21H20N4O3S2/c1-3-13(2)25-20(27)16(30-21(25)29)11-15-18(22-12-14-7-6-10-28-14)23-17-8-4-5-9-24(17)19(15)26/h4-11,13,22H,3,12H2,1-2H3/b16-11-. The van der Waals surface area contributed by atoms with Gasteiger partial charge in [0.25, 0.3) is 11.5 Å². The van der Waals surface area contributed by atoms with E-state index in [4.69, 9.17) is 16.6 Å². The molecule has 0 radical (unpaired) electrons. The van der Waals surface area contributed by atoms with Gasteiger partial charge in [-0.2, -0.15) is 0 Å². The molecule has 1 unspecified atom stereocenters. The molecule has 0 spiro atoms. The monoisotopic (exact) mass is 440 g/mol. The van der Waals surface area contributed by atoms with Gasteiger partial charge in [0.1, 0.15) is 21.5 Å². The van der Waals surface area contributed by atoms with E-state index >= 15 is 0 Å². The van der Waals surface area contributed by atoms with E-state index in [1.165, 1.54) is 16.2 Å². The smallest absolute Gasteiger partial charge is 0.267 e. The lowest BCUT2D eigenvalue weighted by atomic mass is 10.2. The number of hydrogen-bond donors (Lipinski definition) is 1. The van der Waals surface area contributed by atoms with Crippen LogP contribution in [0.1, 0.15) is 31.6 Å². The highest BCUT2D eigenvalue weighted by Gasteiger charge is 2.35. The highest BCUT2D eigenvalue weighted by atomic mass is 32.2. The summed E-state index contributed by atoms with van der Waals surface area (Å²) in [5.74, 6) is 0.907. The molecule has 7 nitrogen and oxygen atoms in total. The number of hydrogen-bond acceptors (Lipinski definition) is 7. The van der Waals surface area contributed by atoms with Crippen LogP contribution in [0.4, 0.5) is 5.82 Å². The van der Waals surface area contributed by atoms with Crippen LogP contribution in [0, 0.1) is 0 Å². The minimum Gasteiger partial charge on any atom is -0.467 e. The first-order valence-electron chi connectivity index (χ1n) is 9.54. The highest BCUT2D eigenvalue weighted by molar-refractivity contribution is 8.26. The molecule has 1 fully saturated rings. The van der Waals surface area contributed by atoms with E-state index in [1.807, 2.05) is 26.0 Å². The van der Waals surface area contributed by atoms with E-state index in [0.717, 1.165) is 6.42 Å². The molecule has 30 heavy (non-hydrogen) atoms. The summed E-state index contributed by atoms with van der Waals surface area (Å²) in [7, 11) is 0. The fourth-order valence-electron chi connectivity index (χ4n) is 3.13. The van der Waals surface area contributed by atoms with Crippen LogP contribution >= 0.6 is 24.0 Å². The molecule has 1 saturated heterocycles. The van der Waals surface area contributed by atoms with Gasteiger partial charge in [-0.3, -0.25) is 18.9 Å². The molecule has 1 amide bonds. The predicted octanol–water partition coefficient (Wildman–Crippen LogP) is 3.90. The van der Waals surface area contributed by atoms with E-state index in [0.29, 0.717) is 38.6 Å². The molecule has 1 aliphatic rings. The number of aromatic nitrogens is 2. The zero-order valence-electron chi connectivity index (χ0n) is 16.5. The zero-order chi connectivity index (χ0) is 21.3. The quantitative estimate of drug-likeness (QED) is 0.460. The van der Waals surface area contributed by atoms with Crippen LogP contribution in [0.5, 0.6) is 0 Å². The number of pyridine rings is 1. The average Bonchev–Trinajstić information content (AvgIpc) is 3.36. The Hall–Kier alpha value is -2.91. The van der Waals surface area contributed by atoms with E-state index in [9.17, 15) is 9.59 Å². The van der Waals surface area contributed by atoms with Gasteiger partial charge in [-0.05, 0) is 43.7 Å². The largest absolute Gasteiger partial charge is 0.467 e. The fourth-order valence-corrected chi connectivity index (χ4v) is 4.57. The van der Waals surface area contributed by atoms with Crippen molar-refractivity contribution < 1.29 is 9.21 Å². The van der Waals surface area contributed by atoms with Crippen molar-refractivity contribution in [2.45, 2.75) is 32.9 Å². The molecule has 0 bridgehead atoms. The molecular weight excluding hydrogens is 420 g/mol. The van der Waals surface area contributed by atoms with Crippen molar-refractivity contribution in [3.63, 3.8) is 0 Å². The second-order valence-electron chi connectivity index (χ2n) is 6.85. The maximum atomic E-state index is 13.2. The first-order valence-corrected chi connectivity index (χ1v) is 10.8. The Balaban J connectivity index is 1.78. The second kappa shape index (κ2) is 8.45. The van der Waals surface area contributed by atoms with Gasteiger partial charge in [-0.15, -0.1) is 0 Å². The maximum Gasteiger partial charge on any atom is 0.267 e. The number of anilines is 1. The number of carbonyl (C=O) groups excluding carboxylic acids is 1. The number of thiocarbonyl (C=S) groups is 1. The summed E-state index contributed by atoms with van der Waals surface area (Å²) in [5, 5.41) is 3.16. The Morgan fingerprint density at radius 1 is 1.30 bits per heavy atom. The Labute approximate surface area is 182 Å². The third-order valence-electron chi connectivity index (χ3n) is 4.91. The van der Waals surface area contributed by atoms with Crippen LogP contribution in [-0.2, 0) is 11.3 Å². The van der Waals surface area contributed by atoms with Crippen molar-refractivity contribution in [3.05, 3.63) is 69.4 Å². The molecule has 1 atom stereocenters. The number of amides is 1. The second-order valence-corrected chi connectivity index (χ2v) is 8.53. The van der Waals surface area contributed by atoms with Crippen molar-refractivity contribution in [2.75, 3.05) is 5.32 Å². The molecular formula is C21H20N4O3S2. The number of nitrogens with zero attached hydrogens (tertiary/aromatic N) is 3. The van der Waals surface area contributed by atoms with Crippen LogP contribution in [0.3, 0.4) is 0 Å². The number of carbonyl (C=O) groups is 1. The molecule has 4 heterocycles. The lowest BCUT2D eigenvalue weighted by molar-refractivity contribution is -0.123. The molecule has 1 N–H and O–H groups in total. The summed E-state index contributed by atoms with van der Waals surface area (Å²) in [6, 6.07) is 8.95. The van der Waals surface area contributed by atoms with Crippen molar-refractivity contribution in [2.24, 2.45) is 0 Å². The maximum absolute atomic E-state index is 13.2. The van der Waals surface area contributed by atoms with Gasteiger partial charge in [0.05, 0.1) is 23.3 Å². The lowest BCUT2D eigenvalue weighted by Gasteiger charge is -2.21. The molecule has 0 aromatic carbocycles. The van der Waals surface area contributed by atoms with Crippen LogP contribution in [0.25, 0.3) is 11.7 Å². The molecule has 4 rings (SSSR count). The fraction of sp³-hybridized carbons (Fsp3) is 0.238. The zero-order valence-corrected chi connectivity index (χ0v) is 18.1. The van der Waals surface area contributed by atoms with Crippen molar-refractivity contribution >= 4 is 51.7 Å². The van der Waals surface area contributed by atoms with Gasteiger partial charge in [-0.25, -0.2) is 4.98 Å². The number of rotatable bonds is 6. The molecule has 1 aliphatic heterocycles. The molecule has 9 heteroatoms. The van der Waals surface area contributed by atoms with E-state index in [-0.39, 0.29) is 17.5 Å². The Bertz CT molecular complexity index is 1200. The summed E-state index contributed by atoms with van der Waals surface area (Å²) < 4.78 is 7.32. The molecule has 0 aliphatic carbocycles. The Morgan fingerprint density at radius 2 is 2.13 bits per heavy atom. The third kappa shape index (κ3) is 3.78. The van der Waals surface area contributed by atoms with Crippen LogP contribution in [-0.4, -0.2) is 30.6 Å².